The average Bonchev–Trinajstić information content (AvgIpc) is 2.55. The second-order valence-electron chi connectivity index (χ2n) is 5.96. The first-order valence-corrected chi connectivity index (χ1v) is 7.93. The first-order valence-electron chi connectivity index (χ1n) is 7.93. The van der Waals surface area contributed by atoms with E-state index in [4.69, 9.17) is 0 Å². The quantitative estimate of drug-likeness (QED) is 0.828. The molecule has 1 atom stereocenters. The number of carbonyl (C=O) groups is 1. The molecule has 0 spiro atoms. The molecule has 23 heavy (non-hydrogen) atoms. The molecule has 1 fully saturated rings. The van der Waals surface area contributed by atoms with Crippen LogP contribution in [-0.2, 0) is 11.2 Å². The first-order chi connectivity index (χ1) is 11.1. The van der Waals surface area contributed by atoms with Gasteiger partial charge in [0.05, 0.1) is 12.5 Å². The van der Waals surface area contributed by atoms with Crippen LogP contribution in [0.4, 0.5) is 8.78 Å². The summed E-state index contributed by atoms with van der Waals surface area (Å²) in [6.07, 6.45) is 3.08. The van der Waals surface area contributed by atoms with E-state index >= 15 is 0 Å². The molecule has 1 aliphatic heterocycles. The number of hydrogen-bond donors (Lipinski definition) is 0. The Labute approximate surface area is 134 Å². The molecule has 120 valence electrons. The molecule has 0 unspecified atom stereocenters. The van der Waals surface area contributed by atoms with E-state index in [1.54, 1.807) is 24.3 Å². The molecule has 2 aromatic carbocycles. The Morgan fingerprint density at radius 3 is 2.57 bits per heavy atom. The monoisotopic (exact) mass is 315 g/mol. The maximum absolute atomic E-state index is 13.3. The molecule has 3 rings (SSSR count). The van der Waals surface area contributed by atoms with Gasteiger partial charge in [0.15, 0.2) is 0 Å². The Balaban J connectivity index is 1.77. The molecular weight excluding hydrogens is 296 g/mol. The van der Waals surface area contributed by atoms with Crippen molar-refractivity contribution in [1.29, 1.82) is 0 Å². The standard InChI is InChI=1S/C19H19F2NO/c20-16-9-7-15(8-10-16)18-6-1-2-11-22(18)19(23)13-14-4-3-5-17(21)12-14/h3-5,7-10,12,18H,1-2,6,11,13H2/t18-/m1/s1. The van der Waals surface area contributed by atoms with Crippen LogP contribution in [0.3, 0.4) is 0 Å². The van der Waals surface area contributed by atoms with Crippen molar-refractivity contribution in [2.24, 2.45) is 0 Å². The van der Waals surface area contributed by atoms with Crippen molar-refractivity contribution < 1.29 is 13.6 Å². The maximum atomic E-state index is 13.3. The van der Waals surface area contributed by atoms with Crippen molar-refractivity contribution in [2.75, 3.05) is 6.54 Å². The molecule has 0 aromatic heterocycles. The van der Waals surface area contributed by atoms with Crippen molar-refractivity contribution in [3.8, 4) is 0 Å². The molecule has 1 amide bonds. The minimum atomic E-state index is -0.330. The predicted octanol–water partition coefficient (Wildman–Crippen LogP) is 4.26. The second-order valence-corrected chi connectivity index (χ2v) is 5.96. The van der Waals surface area contributed by atoms with Crippen molar-refractivity contribution in [1.82, 2.24) is 4.90 Å². The first kappa shape index (κ1) is 15.7. The van der Waals surface area contributed by atoms with Gasteiger partial charge in [-0.15, -0.1) is 0 Å². The zero-order valence-corrected chi connectivity index (χ0v) is 12.8. The zero-order valence-electron chi connectivity index (χ0n) is 12.8. The lowest BCUT2D eigenvalue weighted by atomic mass is 9.94. The van der Waals surface area contributed by atoms with Crippen LogP contribution in [0.25, 0.3) is 0 Å². The normalized spacial score (nSPS) is 18.0. The predicted molar refractivity (Wildman–Crippen MR) is 84.8 cm³/mol. The van der Waals surface area contributed by atoms with Gasteiger partial charge in [0.25, 0.3) is 0 Å². The summed E-state index contributed by atoms with van der Waals surface area (Å²) in [5.41, 5.74) is 1.64. The number of likely N-dealkylation sites (tertiary alicyclic amines) is 1. The molecule has 4 heteroatoms. The summed E-state index contributed by atoms with van der Waals surface area (Å²) in [6.45, 7) is 0.691. The molecule has 1 aliphatic rings. The number of rotatable bonds is 3. The molecule has 2 aromatic rings. The fourth-order valence-electron chi connectivity index (χ4n) is 3.18. The summed E-state index contributed by atoms with van der Waals surface area (Å²) in [5.74, 6) is -0.615. The van der Waals surface area contributed by atoms with E-state index in [-0.39, 0.29) is 30.0 Å². The smallest absolute Gasteiger partial charge is 0.227 e. The number of halogens is 2. The van der Waals surface area contributed by atoms with E-state index in [9.17, 15) is 13.6 Å². The van der Waals surface area contributed by atoms with E-state index in [0.29, 0.717) is 12.1 Å². The summed E-state index contributed by atoms with van der Waals surface area (Å²) >= 11 is 0. The van der Waals surface area contributed by atoms with Crippen LogP contribution in [0.5, 0.6) is 0 Å². The third kappa shape index (κ3) is 3.76. The molecule has 0 radical (unpaired) electrons. The van der Waals surface area contributed by atoms with Crippen molar-refractivity contribution >= 4 is 5.91 Å². The fraction of sp³-hybridized carbons (Fsp3) is 0.316. The van der Waals surface area contributed by atoms with E-state index in [1.165, 1.54) is 24.3 Å². The lowest BCUT2D eigenvalue weighted by Crippen LogP contribution is -2.39. The van der Waals surface area contributed by atoms with Gasteiger partial charge in [-0.2, -0.15) is 0 Å². The maximum Gasteiger partial charge on any atom is 0.227 e. The van der Waals surface area contributed by atoms with Gasteiger partial charge in [-0.25, -0.2) is 8.78 Å². The number of piperidine rings is 1. The van der Waals surface area contributed by atoms with Gasteiger partial charge in [0.1, 0.15) is 11.6 Å². The van der Waals surface area contributed by atoms with Gasteiger partial charge in [0.2, 0.25) is 5.91 Å². The van der Waals surface area contributed by atoms with Gasteiger partial charge < -0.3 is 4.90 Å². The number of nitrogens with zero attached hydrogens (tertiary/aromatic N) is 1. The van der Waals surface area contributed by atoms with E-state index in [0.717, 1.165) is 24.8 Å². The lowest BCUT2D eigenvalue weighted by Gasteiger charge is -2.36. The van der Waals surface area contributed by atoms with Gasteiger partial charge >= 0.3 is 0 Å². The Kier molecular flexibility index (Phi) is 4.70. The second kappa shape index (κ2) is 6.90. The number of carbonyl (C=O) groups excluding carboxylic acids is 1. The van der Waals surface area contributed by atoms with Crippen LogP contribution in [0, 0.1) is 11.6 Å². The molecular formula is C19H19F2NO. The highest BCUT2D eigenvalue weighted by Crippen LogP contribution is 2.31. The Morgan fingerprint density at radius 1 is 1.04 bits per heavy atom. The number of hydrogen-bond acceptors (Lipinski definition) is 1. The molecule has 1 heterocycles. The lowest BCUT2D eigenvalue weighted by molar-refractivity contribution is -0.134. The van der Waals surface area contributed by atoms with Crippen molar-refractivity contribution in [2.45, 2.75) is 31.7 Å². The minimum Gasteiger partial charge on any atom is -0.335 e. The molecule has 2 nitrogen and oxygen atoms in total. The summed E-state index contributed by atoms with van der Waals surface area (Å²) in [7, 11) is 0. The summed E-state index contributed by atoms with van der Waals surface area (Å²) < 4.78 is 26.4. The molecule has 0 aliphatic carbocycles. The van der Waals surface area contributed by atoms with E-state index in [1.807, 2.05) is 4.90 Å². The Hall–Kier alpha value is -2.23. The highest BCUT2D eigenvalue weighted by molar-refractivity contribution is 5.79. The van der Waals surface area contributed by atoms with E-state index in [2.05, 4.69) is 0 Å². The van der Waals surface area contributed by atoms with Gasteiger partial charge in [0, 0.05) is 6.54 Å². The van der Waals surface area contributed by atoms with Crippen LogP contribution in [0.2, 0.25) is 0 Å². The van der Waals surface area contributed by atoms with Crippen molar-refractivity contribution in [3.05, 3.63) is 71.3 Å². The highest BCUT2D eigenvalue weighted by atomic mass is 19.1. The highest BCUT2D eigenvalue weighted by Gasteiger charge is 2.27. The van der Waals surface area contributed by atoms with Crippen LogP contribution in [0.1, 0.15) is 36.4 Å². The Morgan fingerprint density at radius 2 is 1.83 bits per heavy atom. The third-order valence-corrected chi connectivity index (χ3v) is 4.32. The fourth-order valence-corrected chi connectivity index (χ4v) is 3.18. The minimum absolute atomic E-state index is 0.00961. The van der Waals surface area contributed by atoms with Gasteiger partial charge in [-0.05, 0) is 54.7 Å². The summed E-state index contributed by atoms with van der Waals surface area (Å²) in [6, 6.07) is 12.5. The van der Waals surface area contributed by atoms with Crippen molar-refractivity contribution in [3.63, 3.8) is 0 Å². The zero-order chi connectivity index (χ0) is 16.2. The molecule has 0 bridgehead atoms. The Bertz CT molecular complexity index is 684. The third-order valence-electron chi connectivity index (χ3n) is 4.32. The molecule has 0 saturated carbocycles. The summed E-state index contributed by atoms with van der Waals surface area (Å²) in [5, 5.41) is 0. The molecule has 1 saturated heterocycles. The van der Waals surface area contributed by atoms with Crippen LogP contribution in [0.15, 0.2) is 48.5 Å². The largest absolute Gasteiger partial charge is 0.335 e. The topological polar surface area (TPSA) is 20.3 Å². The number of benzene rings is 2. The van der Waals surface area contributed by atoms with Gasteiger partial charge in [-0.1, -0.05) is 24.3 Å². The SMILES string of the molecule is O=C(Cc1cccc(F)c1)N1CCCC[C@@H]1c1ccc(F)cc1. The number of amides is 1. The van der Waals surface area contributed by atoms with E-state index < -0.39 is 0 Å². The van der Waals surface area contributed by atoms with Crippen LogP contribution >= 0.6 is 0 Å². The average molecular weight is 315 g/mol. The summed E-state index contributed by atoms with van der Waals surface area (Å²) in [4.78, 5) is 14.5. The van der Waals surface area contributed by atoms with Crippen LogP contribution < -0.4 is 0 Å². The van der Waals surface area contributed by atoms with Crippen LogP contribution in [-0.4, -0.2) is 17.4 Å². The molecule has 0 N–H and O–H groups in total. The van der Waals surface area contributed by atoms with Gasteiger partial charge in [-0.3, -0.25) is 4.79 Å².